The van der Waals surface area contributed by atoms with Crippen molar-refractivity contribution in [3.05, 3.63) is 71.3 Å². The maximum atomic E-state index is 5.81. The largest absolute Gasteiger partial charge is 0.372 e. The summed E-state index contributed by atoms with van der Waals surface area (Å²) in [6.45, 7) is 1.91. The Morgan fingerprint density at radius 2 is 1.38 bits per heavy atom. The van der Waals surface area contributed by atoms with E-state index >= 15 is 0 Å². The number of benzene rings is 2. The van der Waals surface area contributed by atoms with Crippen LogP contribution < -0.4 is 0 Å². The van der Waals surface area contributed by atoms with Crippen molar-refractivity contribution < 1.29 is 4.74 Å². The van der Waals surface area contributed by atoms with Crippen LogP contribution in [0.15, 0.2) is 59.6 Å². The molecule has 0 amide bonds. The van der Waals surface area contributed by atoms with Gasteiger partial charge in [0.15, 0.2) is 5.96 Å². The van der Waals surface area contributed by atoms with Gasteiger partial charge in [-0.1, -0.05) is 54.6 Å². The molecule has 0 aromatic heterocycles. The van der Waals surface area contributed by atoms with E-state index in [1.165, 1.54) is 16.7 Å². The Labute approximate surface area is 145 Å². The molecule has 0 N–H and O–H groups in total. The average molecular weight is 325 g/mol. The molecule has 4 heteroatoms. The molecule has 0 aliphatic heterocycles. The molecule has 0 bridgehead atoms. The Kier molecular flexibility index (Phi) is 6.82. The lowest BCUT2D eigenvalue weighted by Gasteiger charge is -2.22. The van der Waals surface area contributed by atoms with E-state index in [-0.39, 0.29) is 0 Å². The number of hydrogen-bond acceptors (Lipinski definition) is 2. The second-order valence-electron chi connectivity index (χ2n) is 6.20. The molecule has 128 valence electrons. The van der Waals surface area contributed by atoms with E-state index in [4.69, 9.17) is 4.74 Å². The zero-order chi connectivity index (χ0) is 17.4. The molecule has 0 fully saturated rings. The van der Waals surface area contributed by atoms with Crippen molar-refractivity contribution in [3.63, 3.8) is 0 Å². The van der Waals surface area contributed by atoms with Crippen LogP contribution in [0.2, 0.25) is 0 Å². The quantitative estimate of drug-likeness (QED) is 0.602. The van der Waals surface area contributed by atoms with Crippen LogP contribution in [0, 0.1) is 0 Å². The smallest absolute Gasteiger partial charge is 0.195 e. The Bertz CT molecular complexity index is 641. The standard InChI is InChI=1S/C20H27N3O/c1-22(2)20(23(3)4)21-14-18-11-8-12-19(13-18)16-24-15-17-9-6-5-7-10-17/h5-13H,14-16H2,1-4H3. The van der Waals surface area contributed by atoms with E-state index < -0.39 is 0 Å². The summed E-state index contributed by atoms with van der Waals surface area (Å²) in [6.07, 6.45) is 0. The van der Waals surface area contributed by atoms with Gasteiger partial charge in [0.2, 0.25) is 0 Å². The molecule has 0 aliphatic carbocycles. The van der Waals surface area contributed by atoms with Gasteiger partial charge in [0.1, 0.15) is 0 Å². The zero-order valence-corrected chi connectivity index (χ0v) is 15.1. The van der Waals surface area contributed by atoms with Gasteiger partial charge in [0, 0.05) is 28.2 Å². The SMILES string of the molecule is CN(C)C(=NCc1cccc(COCc2ccccc2)c1)N(C)C. The molecule has 2 rings (SSSR count). The number of aliphatic imine (C=N–C) groups is 1. The summed E-state index contributed by atoms with van der Waals surface area (Å²) in [5.41, 5.74) is 3.56. The Morgan fingerprint density at radius 1 is 0.792 bits per heavy atom. The number of nitrogens with zero attached hydrogens (tertiary/aromatic N) is 3. The molecule has 24 heavy (non-hydrogen) atoms. The van der Waals surface area contributed by atoms with Crippen molar-refractivity contribution in [1.29, 1.82) is 0 Å². The van der Waals surface area contributed by atoms with Gasteiger partial charge in [-0.2, -0.15) is 0 Å². The minimum absolute atomic E-state index is 0.612. The van der Waals surface area contributed by atoms with Crippen LogP contribution in [0.5, 0.6) is 0 Å². The first kappa shape index (κ1) is 18.0. The summed E-state index contributed by atoms with van der Waals surface area (Å²) in [5.74, 6) is 0.959. The van der Waals surface area contributed by atoms with Crippen molar-refractivity contribution in [3.8, 4) is 0 Å². The molecular weight excluding hydrogens is 298 g/mol. The van der Waals surface area contributed by atoms with Crippen molar-refractivity contribution in [2.75, 3.05) is 28.2 Å². The highest BCUT2D eigenvalue weighted by molar-refractivity contribution is 5.79. The van der Waals surface area contributed by atoms with Crippen molar-refractivity contribution in [2.24, 2.45) is 4.99 Å². The molecule has 0 aliphatic rings. The fourth-order valence-corrected chi connectivity index (χ4v) is 2.52. The van der Waals surface area contributed by atoms with Crippen LogP contribution in [0.1, 0.15) is 16.7 Å². The fraction of sp³-hybridized carbons (Fsp3) is 0.350. The summed E-state index contributed by atoms with van der Waals surface area (Å²) < 4.78 is 5.81. The normalized spacial score (nSPS) is 10.3. The van der Waals surface area contributed by atoms with E-state index in [1.807, 2.05) is 56.2 Å². The van der Waals surface area contributed by atoms with Gasteiger partial charge in [-0.15, -0.1) is 0 Å². The summed E-state index contributed by atoms with van der Waals surface area (Å²) >= 11 is 0. The second-order valence-corrected chi connectivity index (χ2v) is 6.20. The van der Waals surface area contributed by atoms with Gasteiger partial charge < -0.3 is 14.5 Å². The lowest BCUT2D eigenvalue weighted by atomic mass is 10.1. The maximum absolute atomic E-state index is 5.81. The van der Waals surface area contributed by atoms with Crippen molar-refractivity contribution in [1.82, 2.24) is 9.80 Å². The predicted octanol–water partition coefficient (Wildman–Crippen LogP) is 3.38. The first-order valence-electron chi connectivity index (χ1n) is 8.15. The Balaban J connectivity index is 1.92. The lowest BCUT2D eigenvalue weighted by Crippen LogP contribution is -2.35. The number of guanidine groups is 1. The lowest BCUT2D eigenvalue weighted by molar-refractivity contribution is 0.107. The predicted molar refractivity (Wildman–Crippen MR) is 99.9 cm³/mol. The van der Waals surface area contributed by atoms with Crippen LogP contribution in [0.25, 0.3) is 0 Å². The minimum Gasteiger partial charge on any atom is -0.372 e. The third-order valence-corrected chi connectivity index (χ3v) is 3.57. The van der Waals surface area contributed by atoms with Crippen LogP contribution in [-0.2, 0) is 24.5 Å². The summed E-state index contributed by atoms with van der Waals surface area (Å²) in [5, 5.41) is 0. The summed E-state index contributed by atoms with van der Waals surface area (Å²) in [6, 6.07) is 18.7. The molecule has 0 heterocycles. The molecule has 0 atom stereocenters. The van der Waals surface area contributed by atoms with Gasteiger partial charge in [-0.25, -0.2) is 4.99 Å². The van der Waals surface area contributed by atoms with Gasteiger partial charge in [0.25, 0.3) is 0 Å². The van der Waals surface area contributed by atoms with Gasteiger partial charge in [-0.3, -0.25) is 0 Å². The average Bonchev–Trinajstić information content (AvgIpc) is 2.56. The monoisotopic (exact) mass is 325 g/mol. The van der Waals surface area contributed by atoms with Crippen LogP contribution in [-0.4, -0.2) is 44.0 Å². The van der Waals surface area contributed by atoms with Gasteiger partial charge in [-0.05, 0) is 16.7 Å². The third-order valence-electron chi connectivity index (χ3n) is 3.57. The molecule has 2 aromatic carbocycles. The van der Waals surface area contributed by atoms with E-state index in [2.05, 4.69) is 41.4 Å². The fourth-order valence-electron chi connectivity index (χ4n) is 2.52. The minimum atomic E-state index is 0.612. The highest BCUT2D eigenvalue weighted by atomic mass is 16.5. The van der Waals surface area contributed by atoms with Crippen LogP contribution >= 0.6 is 0 Å². The van der Waals surface area contributed by atoms with Crippen LogP contribution in [0.4, 0.5) is 0 Å². The van der Waals surface area contributed by atoms with E-state index in [0.717, 1.165) is 5.96 Å². The highest BCUT2D eigenvalue weighted by Gasteiger charge is 2.04. The van der Waals surface area contributed by atoms with Gasteiger partial charge in [0.05, 0.1) is 19.8 Å². The van der Waals surface area contributed by atoms with Crippen LogP contribution in [0.3, 0.4) is 0 Å². The number of hydrogen-bond donors (Lipinski definition) is 0. The summed E-state index contributed by atoms with van der Waals surface area (Å²) in [7, 11) is 8.03. The van der Waals surface area contributed by atoms with Gasteiger partial charge >= 0.3 is 0 Å². The zero-order valence-electron chi connectivity index (χ0n) is 15.1. The molecule has 0 saturated heterocycles. The Morgan fingerprint density at radius 3 is 2.04 bits per heavy atom. The molecule has 2 aromatic rings. The first-order valence-corrected chi connectivity index (χ1v) is 8.15. The van der Waals surface area contributed by atoms with E-state index in [1.54, 1.807) is 0 Å². The number of ether oxygens (including phenoxy) is 1. The van der Waals surface area contributed by atoms with E-state index in [0.29, 0.717) is 19.8 Å². The molecule has 0 spiro atoms. The summed E-state index contributed by atoms with van der Waals surface area (Å²) in [4.78, 5) is 8.73. The molecule has 0 saturated carbocycles. The maximum Gasteiger partial charge on any atom is 0.195 e. The second kappa shape index (κ2) is 9.08. The van der Waals surface area contributed by atoms with Crippen molar-refractivity contribution >= 4 is 5.96 Å². The molecule has 4 nitrogen and oxygen atoms in total. The third kappa shape index (κ3) is 5.70. The van der Waals surface area contributed by atoms with Crippen molar-refractivity contribution in [2.45, 2.75) is 19.8 Å². The molecule has 0 radical (unpaired) electrons. The molecule has 0 unspecified atom stereocenters. The topological polar surface area (TPSA) is 28.1 Å². The molecular formula is C20H27N3O. The number of rotatable bonds is 6. The first-order chi connectivity index (χ1) is 11.6. The van der Waals surface area contributed by atoms with E-state index in [9.17, 15) is 0 Å². The highest BCUT2D eigenvalue weighted by Crippen LogP contribution is 2.10. The Hall–Kier alpha value is -2.33.